The summed E-state index contributed by atoms with van der Waals surface area (Å²) in [4.78, 5) is 12.3. The summed E-state index contributed by atoms with van der Waals surface area (Å²) in [6.07, 6.45) is 11.1. The number of ether oxygens (including phenoxy) is 1. The highest BCUT2D eigenvalue weighted by Crippen LogP contribution is 2.54. The Morgan fingerprint density at radius 2 is 1.41 bits per heavy atom. The van der Waals surface area contributed by atoms with E-state index >= 15 is 0 Å². The molecule has 0 fully saturated rings. The van der Waals surface area contributed by atoms with Gasteiger partial charge >= 0.3 is 13.6 Å². The first kappa shape index (κ1) is 23.9. The van der Waals surface area contributed by atoms with Crippen molar-refractivity contribution in [2.45, 2.75) is 77.0 Å². The lowest BCUT2D eigenvalue weighted by Crippen LogP contribution is -2.20. The zero-order valence-corrected chi connectivity index (χ0v) is 17.9. The Morgan fingerprint density at radius 1 is 0.889 bits per heavy atom. The Hall–Kier alpha value is -1.16. The highest BCUT2D eigenvalue weighted by molar-refractivity contribution is 7.54. The molecule has 1 rings (SSSR count). The third-order valence-electron chi connectivity index (χ3n) is 4.67. The molecule has 1 atom stereocenters. The van der Waals surface area contributed by atoms with Crippen molar-refractivity contribution in [2.24, 2.45) is 0 Å². The van der Waals surface area contributed by atoms with Crippen molar-refractivity contribution in [1.29, 1.82) is 0 Å². The summed E-state index contributed by atoms with van der Waals surface area (Å²) in [7, 11) is -0.836. The average Bonchev–Trinajstić information content (AvgIpc) is 2.71. The Morgan fingerprint density at radius 3 is 1.93 bits per heavy atom. The van der Waals surface area contributed by atoms with Gasteiger partial charge in [-0.1, -0.05) is 76.5 Å². The van der Waals surface area contributed by atoms with Crippen LogP contribution >= 0.6 is 7.60 Å². The second-order valence-corrected chi connectivity index (χ2v) is 9.13. The number of rotatable bonds is 15. The molecule has 27 heavy (non-hydrogen) atoms. The molecule has 154 valence electrons. The molecule has 0 aliphatic heterocycles. The van der Waals surface area contributed by atoms with Crippen molar-refractivity contribution in [3.8, 4) is 0 Å². The minimum absolute atomic E-state index is 0.424. The molecule has 5 nitrogen and oxygen atoms in total. The first-order valence-electron chi connectivity index (χ1n) is 10.0. The minimum atomic E-state index is -3.48. The van der Waals surface area contributed by atoms with Gasteiger partial charge in [-0.15, -0.1) is 0 Å². The van der Waals surface area contributed by atoms with E-state index in [1.807, 2.05) is 6.07 Å². The molecule has 0 heterocycles. The van der Waals surface area contributed by atoms with Crippen LogP contribution in [0.4, 0.5) is 0 Å². The van der Waals surface area contributed by atoms with E-state index in [1.54, 1.807) is 24.3 Å². The van der Waals surface area contributed by atoms with Gasteiger partial charge in [0.25, 0.3) is 0 Å². The van der Waals surface area contributed by atoms with Crippen LogP contribution in [0.1, 0.15) is 81.5 Å². The van der Waals surface area contributed by atoms with Crippen molar-refractivity contribution >= 4 is 13.6 Å². The maximum atomic E-state index is 12.8. The molecule has 0 spiro atoms. The van der Waals surface area contributed by atoms with Gasteiger partial charge in [-0.2, -0.15) is 0 Å². The highest BCUT2D eigenvalue weighted by Gasteiger charge is 2.37. The molecule has 0 radical (unpaired) electrons. The second-order valence-electron chi connectivity index (χ2n) is 6.75. The van der Waals surface area contributed by atoms with E-state index in [9.17, 15) is 9.36 Å². The molecule has 0 N–H and O–H groups in total. The van der Waals surface area contributed by atoms with Crippen LogP contribution in [0.3, 0.4) is 0 Å². The molecule has 0 saturated heterocycles. The third-order valence-corrected chi connectivity index (χ3v) is 6.76. The van der Waals surface area contributed by atoms with Crippen LogP contribution in [0.5, 0.6) is 0 Å². The third kappa shape index (κ3) is 9.05. The summed E-state index contributed by atoms with van der Waals surface area (Å²) in [6.45, 7) is 2.22. The zero-order chi connectivity index (χ0) is 20.0. The Labute approximate surface area is 164 Å². The molecular formula is C21H35O5P. The van der Waals surface area contributed by atoms with Gasteiger partial charge in [-0.3, -0.25) is 4.57 Å². The van der Waals surface area contributed by atoms with Gasteiger partial charge in [0, 0.05) is 14.2 Å². The molecule has 1 aromatic rings. The van der Waals surface area contributed by atoms with Crippen LogP contribution in [0, 0.1) is 0 Å². The SMILES string of the molecule is CCCCCCCCCCC[C@@H](OC(=O)c1ccccc1)P(=O)(OC)OC. The van der Waals surface area contributed by atoms with Gasteiger partial charge in [0.1, 0.15) is 0 Å². The summed E-state index contributed by atoms with van der Waals surface area (Å²) in [5.41, 5.74) is 0.424. The fourth-order valence-electron chi connectivity index (χ4n) is 2.99. The van der Waals surface area contributed by atoms with Gasteiger partial charge in [0.2, 0.25) is 5.85 Å². The second kappa shape index (κ2) is 13.9. The lowest BCUT2D eigenvalue weighted by atomic mass is 10.1. The lowest BCUT2D eigenvalue weighted by molar-refractivity contribution is 0.0366. The molecule has 0 saturated carbocycles. The van der Waals surface area contributed by atoms with E-state index in [4.69, 9.17) is 13.8 Å². The first-order chi connectivity index (χ1) is 13.1. The summed E-state index contributed by atoms with van der Waals surface area (Å²) in [6, 6.07) is 8.69. The number of hydrogen-bond acceptors (Lipinski definition) is 5. The average molecular weight is 398 g/mol. The summed E-state index contributed by atoms with van der Waals surface area (Å²) < 4.78 is 28.4. The standard InChI is InChI=1S/C21H35O5P/c1-4-5-6-7-8-9-10-11-15-18-20(27(23,24-2)25-3)26-21(22)19-16-13-12-14-17-19/h12-14,16-17,20H,4-11,15,18H2,1-3H3/t20-/m0/s1. The van der Waals surface area contributed by atoms with Crippen LogP contribution in [0.25, 0.3) is 0 Å². The largest absolute Gasteiger partial charge is 0.446 e. The number of unbranched alkanes of at least 4 members (excludes halogenated alkanes) is 8. The normalized spacial score (nSPS) is 12.7. The highest BCUT2D eigenvalue weighted by atomic mass is 31.2. The number of esters is 1. The van der Waals surface area contributed by atoms with E-state index < -0.39 is 19.4 Å². The zero-order valence-electron chi connectivity index (χ0n) is 17.0. The predicted molar refractivity (Wildman–Crippen MR) is 109 cm³/mol. The summed E-state index contributed by atoms with van der Waals surface area (Å²) >= 11 is 0. The number of hydrogen-bond donors (Lipinski definition) is 0. The Kier molecular flexibility index (Phi) is 12.3. The number of carbonyl (C=O) groups is 1. The van der Waals surface area contributed by atoms with Gasteiger partial charge in [0.15, 0.2) is 0 Å². The lowest BCUT2D eigenvalue weighted by Gasteiger charge is -2.24. The van der Waals surface area contributed by atoms with E-state index in [2.05, 4.69) is 6.92 Å². The quantitative estimate of drug-likeness (QED) is 0.190. The van der Waals surface area contributed by atoms with Crippen molar-refractivity contribution in [2.75, 3.05) is 14.2 Å². The fourth-order valence-corrected chi connectivity index (χ4v) is 4.33. The number of benzene rings is 1. The van der Waals surface area contributed by atoms with Crippen molar-refractivity contribution in [3.05, 3.63) is 35.9 Å². The van der Waals surface area contributed by atoms with Crippen molar-refractivity contribution in [3.63, 3.8) is 0 Å². The van der Waals surface area contributed by atoms with Crippen molar-refractivity contribution in [1.82, 2.24) is 0 Å². The van der Waals surface area contributed by atoms with E-state index in [0.29, 0.717) is 12.0 Å². The molecule has 0 aliphatic carbocycles. The Balaban J connectivity index is 2.46. The van der Waals surface area contributed by atoms with Gasteiger partial charge in [-0.25, -0.2) is 4.79 Å². The van der Waals surface area contributed by atoms with Crippen LogP contribution in [-0.4, -0.2) is 26.0 Å². The van der Waals surface area contributed by atoms with Crippen molar-refractivity contribution < 1.29 is 23.1 Å². The smallest absolute Gasteiger partial charge is 0.370 e. The van der Waals surface area contributed by atoms with E-state index in [1.165, 1.54) is 52.7 Å². The van der Waals surface area contributed by atoms with Gasteiger partial charge in [0.05, 0.1) is 5.56 Å². The van der Waals surface area contributed by atoms with E-state index in [0.717, 1.165) is 19.3 Å². The van der Waals surface area contributed by atoms with Gasteiger partial charge < -0.3 is 13.8 Å². The fraction of sp³-hybridized carbons (Fsp3) is 0.667. The van der Waals surface area contributed by atoms with Crippen LogP contribution in [-0.2, 0) is 18.3 Å². The van der Waals surface area contributed by atoms with Crippen LogP contribution < -0.4 is 0 Å². The van der Waals surface area contributed by atoms with Gasteiger partial charge in [-0.05, 0) is 25.0 Å². The molecule has 0 unspecified atom stereocenters. The van der Waals surface area contributed by atoms with Crippen LogP contribution in [0.15, 0.2) is 30.3 Å². The first-order valence-corrected chi connectivity index (χ1v) is 11.7. The predicted octanol–water partition coefficient (Wildman–Crippen LogP) is 6.58. The molecule has 1 aromatic carbocycles. The molecular weight excluding hydrogens is 363 g/mol. The summed E-state index contributed by atoms with van der Waals surface area (Å²) in [5.74, 6) is -1.39. The molecule has 0 amide bonds. The Bertz CT molecular complexity index is 553. The molecule has 0 aliphatic rings. The summed E-state index contributed by atoms with van der Waals surface area (Å²) in [5, 5.41) is 0. The molecule has 0 aromatic heterocycles. The molecule has 0 bridgehead atoms. The van der Waals surface area contributed by atoms with Crippen LogP contribution in [0.2, 0.25) is 0 Å². The van der Waals surface area contributed by atoms with E-state index in [-0.39, 0.29) is 0 Å². The molecule has 6 heteroatoms. The maximum Gasteiger partial charge on any atom is 0.370 e. The minimum Gasteiger partial charge on any atom is -0.446 e. The topological polar surface area (TPSA) is 61.8 Å². The maximum absolute atomic E-state index is 12.8. The number of carbonyl (C=O) groups excluding carboxylic acids is 1. The monoisotopic (exact) mass is 398 g/mol.